The number of hydrogen-bond acceptors (Lipinski definition) is 3. The van der Waals surface area contributed by atoms with Crippen molar-refractivity contribution in [3.63, 3.8) is 0 Å². The number of aliphatic carboxylic acids is 1. The van der Waals surface area contributed by atoms with Gasteiger partial charge in [-0.3, -0.25) is 4.79 Å². The van der Waals surface area contributed by atoms with Crippen molar-refractivity contribution in [2.75, 3.05) is 6.61 Å². The van der Waals surface area contributed by atoms with Crippen molar-refractivity contribution in [1.29, 1.82) is 0 Å². The fraction of sp³-hybridized carbons (Fsp3) is 0.444. The monoisotopic (exact) mass is 196 g/mol. The van der Waals surface area contributed by atoms with E-state index in [1.54, 1.807) is 0 Å². The van der Waals surface area contributed by atoms with E-state index in [1.807, 2.05) is 16.8 Å². The molecular weight excluding hydrogens is 184 g/mol. The van der Waals surface area contributed by atoms with E-state index in [0.29, 0.717) is 13.0 Å². The van der Waals surface area contributed by atoms with Crippen molar-refractivity contribution in [1.82, 2.24) is 4.57 Å². The number of nitrogens with zero attached hydrogens (tertiary/aromatic N) is 1. The van der Waals surface area contributed by atoms with Crippen molar-refractivity contribution in [2.45, 2.75) is 19.0 Å². The fourth-order valence-corrected chi connectivity index (χ4v) is 1.58. The summed E-state index contributed by atoms with van der Waals surface area (Å²) in [5.41, 5.74) is 6.31. The molecule has 1 aromatic heterocycles. The van der Waals surface area contributed by atoms with Crippen LogP contribution in [-0.2, 0) is 17.8 Å². The van der Waals surface area contributed by atoms with Gasteiger partial charge in [0.2, 0.25) is 0 Å². The Bertz CT molecular complexity index is 359. The molecule has 0 bridgehead atoms. The Morgan fingerprint density at radius 1 is 1.79 bits per heavy atom. The molecule has 2 heterocycles. The summed E-state index contributed by atoms with van der Waals surface area (Å²) in [4.78, 5) is 10.6. The average Bonchev–Trinajstić information content (AvgIpc) is 2.69. The first-order valence-electron chi connectivity index (χ1n) is 4.47. The SMILES string of the molecule is NC(Cc1ccn2c1OCC2)C(=O)O. The summed E-state index contributed by atoms with van der Waals surface area (Å²) in [5.74, 6) is -0.218. The molecule has 0 amide bonds. The molecule has 1 aliphatic heterocycles. The zero-order valence-electron chi connectivity index (χ0n) is 7.64. The summed E-state index contributed by atoms with van der Waals surface area (Å²) in [5, 5.41) is 8.66. The minimum Gasteiger partial charge on any atom is -0.480 e. The second kappa shape index (κ2) is 3.34. The number of carbonyl (C=O) groups is 1. The van der Waals surface area contributed by atoms with Crippen LogP contribution in [0.25, 0.3) is 0 Å². The lowest BCUT2D eigenvalue weighted by molar-refractivity contribution is -0.138. The molecule has 76 valence electrons. The third kappa shape index (κ3) is 1.46. The first-order chi connectivity index (χ1) is 6.68. The van der Waals surface area contributed by atoms with E-state index in [9.17, 15) is 4.79 Å². The molecule has 0 aliphatic carbocycles. The summed E-state index contributed by atoms with van der Waals surface area (Å²) >= 11 is 0. The van der Waals surface area contributed by atoms with Crippen molar-refractivity contribution in [2.24, 2.45) is 5.73 Å². The molecular formula is C9H12N2O3. The van der Waals surface area contributed by atoms with Crippen molar-refractivity contribution in [3.05, 3.63) is 17.8 Å². The molecule has 2 rings (SSSR count). The van der Waals surface area contributed by atoms with E-state index in [1.165, 1.54) is 0 Å². The minimum absolute atomic E-state index is 0.317. The van der Waals surface area contributed by atoms with E-state index in [2.05, 4.69) is 0 Å². The van der Waals surface area contributed by atoms with Crippen molar-refractivity contribution in [3.8, 4) is 5.88 Å². The van der Waals surface area contributed by atoms with Gasteiger partial charge in [0.05, 0.1) is 6.54 Å². The molecule has 3 N–H and O–H groups in total. The van der Waals surface area contributed by atoms with Gasteiger partial charge < -0.3 is 20.1 Å². The number of hydrogen-bond donors (Lipinski definition) is 2. The summed E-state index contributed by atoms with van der Waals surface area (Å²) in [6.45, 7) is 1.49. The predicted molar refractivity (Wildman–Crippen MR) is 49.2 cm³/mol. The van der Waals surface area contributed by atoms with Crippen LogP contribution in [0.4, 0.5) is 0 Å². The van der Waals surface area contributed by atoms with Crippen molar-refractivity contribution < 1.29 is 14.6 Å². The number of nitrogens with two attached hydrogens (primary N) is 1. The van der Waals surface area contributed by atoms with E-state index in [0.717, 1.165) is 18.0 Å². The second-order valence-electron chi connectivity index (χ2n) is 3.34. The van der Waals surface area contributed by atoms with E-state index in [-0.39, 0.29) is 0 Å². The van der Waals surface area contributed by atoms with Gasteiger partial charge in [0.15, 0.2) is 5.88 Å². The molecule has 0 radical (unpaired) electrons. The lowest BCUT2D eigenvalue weighted by Gasteiger charge is -2.05. The van der Waals surface area contributed by atoms with Crippen LogP contribution in [0.1, 0.15) is 5.56 Å². The third-order valence-corrected chi connectivity index (χ3v) is 2.32. The van der Waals surface area contributed by atoms with Crippen LogP contribution in [0.3, 0.4) is 0 Å². The highest BCUT2D eigenvalue weighted by Gasteiger charge is 2.20. The topological polar surface area (TPSA) is 77.5 Å². The predicted octanol–water partition coefficient (Wildman–Crippen LogP) is -0.165. The number of aromatic nitrogens is 1. The molecule has 5 nitrogen and oxygen atoms in total. The quantitative estimate of drug-likeness (QED) is 0.704. The Labute approximate surface area is 81.1 Å². The number of carboxylic acid groups (broad SMARTS) is 1. The van der Waals surface area contributed by atoms with Gasteiger partial charge in [-0.2, -0.15) is 0 Å². The molecule has 1 unspecified atom stereocenters. The van der Waals surface area contributed by atoms with Crippen LogP contribution < -0.4 is 10.5 Å². The molecule has 1 atom stereocenters. The summed E-state index contributed by atoms with van der Waals surface area (Å²) in [7, 11) is 0. The lowest BCUT2D eigenvalue weighted by atomic mass is 10.1. The molecule has 0 spiro atoms. The lowest BCUT2D eigenvalue weighted by Crippen LogP contribution is -2.32. The normalized spacial score (nSPS) is 16.1. The maximum atomic E-state index is 10.6. The zero-order chi connectivity index (χ0) is 10.1. The van der Waals surface area contributed by atoms with Gasteiger partial charge in [-0.1, -0.05) is 0 Å². The van der Waals surface area contributed by atoms with E-state index < -0.39 is 12.0 Å². The van der Waals surface area contributed by atoms with Gasteiger partial charge in [-0.05, 0) is 6.07 Å². The minimum atomic E-state index is -0.983. The number of fused-ring (bicyclic) bond motifs is 1. The molecule has 5 heteroatoms. The van der Waals surface area contributed by atoms with Gasteiger partial charge in [0, 0.05) is 18.2 Å². The van der Waals surface area contributed by atoms with Gasteiger partial charge in [0.1, 0.15) is 12.6 Å². The summed E-state index contributed by atoms with van der Waals surface area (Å²) in [6.07, 6.45) is 2.21. The van der Waals surface area contributed by atoms with Gasteiger partial charge in [-0.15, -0.1) is 0 Å². The van der Waals surface area contributed by atoms with Crippen LogP contribution in [0.2, 0.25) is 0 Å². The Morgan fingerprint density at radius 3 is 3.29 bits per heavy atom. The number of ether oxygens (including phenoxy) is 1. The Kier molecular flexibility index (Phi) is 2.17. The Morgan fingerprint density at radius 2 is 2.57 bits per heavy atom. The molecule has 0 fully saturated rings. The molecule has 0 saturated heterocycles. The standard InChI is InChI=1S/C9H12N2O3/c10-7(9(12)13)5-6-1-2-11-3-4-14-8(6)11/h1-2,7H,3-5,10H2,(H,12,13). The average molecular weight is 196 g/mol. The second-order valence-corrected chi connectivity index (χ2v) is 3.34. The number of carboxylic acids is 1. The molecule has 14 heavy (non-hydrogen) atoms. The summed E-state index contributed by atoms with van der Waals surface area (Å²) < 4.78 is 7.33. The van der Waals surface area contributed by atoms with Crippen LogP contribution in [-0.4, -0.2) is 28.3 Å². The first kappa shape index (κ1) is 9.08. The first-order valence-corrected chi connectivity index (χ1v) is 4.47. The molecule has 1 aromatic rings. The van der Waals surface area contributed by atoms with Crippen LogP contribution in [0.15, 0.2) is 12.3 Å². The highest BCUT2D eigenvalue weighted by Crippen LogP contribution is 2.25. The Hall–Kier alpha value is -1.49. The van der Waals surface area contributed by atoms with Gasteiger partial charge in [-0.25, -0.2) is 0 Å². The maximum absolute atomic E-state index is 10.6. The summed E-state index contributed by atoms with van der Waals surface area (Å²) in [6, 6.07) is 1.00. The fourth-order valence-electron chi connectivity index (χ4n) is 1.58. The van der Waals surface area contributed by atoms with Crippen LogP contribution >= 0.6 is 0 Å². The van der Waals surface area contributed by atoms with Crippen LogP contribution in [0.5, 0.6) is 5.88 Å². The maximum Gasteiger partial charge on any atom is 0.320 e. The molecule has 0 saturated carbocycles. The largest absolute Gasteiger partial charge is 0.480 e. The zero-order valence-corrected chi connectivity index (χ0v) is 7.64. The number of rotatable bonds is 3. The molecule has 0 aromatic carbocycles. The Balaban J connectivity index is 2.14. The van der Waals surface area contributed by atoms with Gasteiger partial charge in [0.25, 0.3) is 0 Å². The third-order valence-electron chi connectivity index (χ3n) is 2.32. The van der Waals surface area contributed by atoms with Crippen molar-refractivity contribution >= 4 is 5.97 Å². The molecule has 1 aliphatic rings. The van der Waals surface area contributed by atoms with E-state index >= 15 is 0 Å². The van der Waals surface area contributed by atoms with Crippen LogP contribution in [0, 0.1) is 0 Å². The smallest absolute Gasteiger partial charge is 0.320 e. The highest BCUT2D eigenvalue weighted by atomic mass is 16.5. The van der Waals surface area contributed by atoms with E-state index in [4.69, 9.17) is 15.6 Å². The highest BCUT2D eigenvalue weighted by molar-refractivity contribution is 5.73. The van der Waals surface area contributed by atoms with Gasteiger partial charge >= 0.3 is 5.97 Å².